The predicted octanol–water partition coefficient (Wildman–Crippen LogP) is 4.38. The number of nitrogens with one attached hydrogen (secondary N) is 3. The number of hydrogen-bond acceptors (Lipinski definition) is 8. The molecule has 0 spiro atoms. The van der Waals surface area contributed by atoms with Crippen LogP contribution in [0.15, 0.2) is 45.9 Å². The van der Waals surface area contributed by atoms with Gasteiger partial charge in [-0.2, -0.15) is 4.98 Å². The van der Waals surface area contributed by atoms with Crippen LogP contribution in [0, 0.1) is 12.8 Å². The molecule has 0 saturated heterocycles. The van der Waals surface area contributed by atoms with E-state index in [1.807, 2.05) is 19.1 Å². The predicted molar refractivity (Wildman–Crippen MR) is 138 cm³/mol. The van der Waals surface area contributed by atoms with Crippen LogP contribution in [0.2, 0.25) is 0 Å². The van der Waals surface area contributed by atoms with Gasteiger partial charge in [0.05, 0.1) is 10.9 Å². The Morgan fingerprint density at radius 3 is 2.56 bits per heavy atom. The topological polar surface area (TPSA) is 135 Å². The van der Waals surface area contributed by atoms with Crippen LogP contribution in [0.4, 0.5) is 16.5 Å². The van der Waals surface area contributed by atoms with Gasteiger partial charge in [-0.1, -0.05) is 6.92 Å². The van der Waals surface area contributed by atoms with E-state index in [0.717, 1.165) is 5.56 Å². The van der Waals surface area contributed by atoms with Crippen LogP contribution in [0.3, 0.4) is 0 Å². The number of ether oxygens (including phenoxy) is 1. The second-order valence-electron chi connectivity index (χ2n) is 9.72. The van der Waals surface area contributed by atoms with E-state index in [9.17, 15) is 14.4 Å². The number of hydrogen-bond donors (Lipinski definition) is 3. The van der Waals surface area contributed by atoms with Gasteiger partial charge in [0.25, 0.3) is 6.01 Å². The summed E-state index contributed by atoms with van der Waals surface area (Å²) in [5.41, 5.74) is 1.23. The molecule has 192 valence electrons. The van der Waals surface area contributed by atoms with Crippen LogP contribution < -0.4 is 21.6 Å². The SMILES string of the molecule is Cc1c(NC(=O)OC(C)(C)C)ccc2nc(NCCC(C)CC(=O)NCc3ccncc3)oc(=O)c12. The maximum atomic E-state index is 12.7. The maximum Gasteiger partial charge on any atom is 0.412 e. The Morgan fingerprint density at radius 2 is 1.86 bits per heavy atom. The summed E-state index contributed by atoms with van der Waals surface area (Å²) in [5.74, 6) is 0.0896. The van der Waals surface area contributed by atoms with Crippen molar-refractivity contribution in [1.82, 2.24) is 15.3 Å². The summed E-state index contributed by atoms with van der Waals surface area (Å²) >= 11 is 0. The van der Waals surface area contributed by atoms with Crippen LogP contribution in [0.1, 0.15) is 51.7 Å². The standard InChI is InChI=1S/C26H33N5O5/c1-16(14-21(32)29-15-18-9-11-27-12-10-18)8-13-28-24-30-20-7-6-19(17(2)22(20)23(33)35-24)31-25(34)36-26(3,4)5/h6-7,9-12,16H,8,13-15H2,1-5H3,(H,28,30)(H,29,32)(H,31,34). The number of aryl methyl sites for hydroxylation is 1. The fourth-order valence-corrected chi connectivity index (χ4v) is 3.56. The number of rotatable bonds is 9. The zero-order chi connectivity index (χ0) is 26.3. The molecule has 0 aliphatic heterocycles. The molecule has 1 atom stereocenters. The second kappa shape index (κ2) is 11.7. The highest BCUT2D eigenvalue weighted by molar-refractivity contribution is 5.93. The van der Waals surface area contributed by atoms with Gasteiger partial charge in [-0.25, -0.2) is 9.59 Å². The highest BCUT2D eigenvalue weighted by atomic mass is 16.6. The average molecular weight is 496 g/mol. The first kappa shape index (κ1) is 26.7. The van der Waals surface area contributed by atoms with Crippen molar-refractivity contribution >= 4 is 34.6 Å². The number of aromatic nitrogens is 2. The van der Waals surface area contributed by atoms with Gasteiger partial charge in [0.15, 0.2) is 0 Å². The normalized spacial score (nSPS) is 12.1. The minimum Gasteiger partial charge on any atom is -0.444 e. The lowest BCUT2D eigenvalue weighted by molar-refractivity contribution is -0.122. The van der Waals surface area contributed by atoms with Crippen LogP contribution >= 0.6 is 0 Å². The van der Waals surface area contributed by atoms with Crippen molar-refractivity contribution in [2.75, 3.05) is 17.2 Å². The molecule has 3 aromatic rings. The first-order chi connectivity index (χ1) is 17.0. The van der Waals surface area contributed by atoms with Crippen LogP contribution in [0.25, 0.3) is 10.9 Å². The van der Waals surface area contributed by atoms with E-state index in [1.165, 1.54) is 0 Å². The number of nitrogens with zero attached hydrogens (tertiary/aromatic N) is 2. The first-order valence-electron chi connectivity index (χ1n) is 11.9. The first-order valence-corrected chi connectivity index (χ1v) is 11.9. The van der Waals surface area contributed by atoms with Gasteiger partial charge in [0.1, 0.15) is 5.60 Å². The molecule has 1 unspecified atom stereocenters. The summed E-state index contributed by atoms with van der Waals surface area (Å²) in [6, 6.07) is 7.14. The van der Waals surface area contributed by atoms with E-state index >= 15 is 0 Å². The van der Waals surface area contributed by atoms with Gasteiger partial charge in [0.2, 0.25) is 5.91 Å². The molecule has 2 aromatic heterocycles. The van der Waals surface area contributed by atoms with Crippen molar-refractivity contribution in [3.8, 4) is 0 Å². The van der Waals surface area contributed by atoms with Crippen molar-refractivity contribution in [1.29, 1.82) is 0 Å². The molecule has 2 heterocycles. The Balaban J connectivity index is 1.54. The molecule has 36 heavy (non-hydrogen) atoms. The Kier molecular flexibility index (Phi) is 8.63. The Labute approximate surface area is 209 Å². The van der Waals surface area contributed by atoms with Gasteiger partial charge in [-0.3, -0.25) is 15.1 Å². The fourth-order valence-electron chi connectivity index (χ4n) is 3.56. The summed E-state index contributed by atoms with van der Waals surface area (Å²) in [6.07, 6.45) is 3.84. The lowest BCUT2D eigenvalue weighted by Crippen LogP contribution is -2.27. The summed E-state index contributed by atoms with van der Waals surface area (Å²) in [7, 11) is 0. The molecule has 0 fully saturated rings. The summed E-state index contributed by atoms with van der Waals surface area (Å²) in [6.45, 7) is 9.96. The number of carbonyl (C=O) groups is 2. The molecule has 0 bridgehead atoms. The number of pyridine rings is 1. The molecule has 3 rings (SSSR count). The van der Waals surface area contributed by atoms with E-state index in [4.69, 9.17) is 9.15 Å². The molecule has 0 saturated carbocycles. The van der Waals surface area contributed by atoms with E-state index in [1.54, 1.807) is 52.2 Å². The van der Waals surface area contributed by atoms with Gasteiger partial charge in [0, 0.05) is 37.6 Å². The van der Waals surface area contributed by atoms with Gasteiger partial charge >= 0.3 is 11.7 Å². The maximum absolute atomic E-state index is 12.7. The highest BCUT2D eigenvalue weighted by Gasteiger charge is 2.18. The second-order valence-corrected chi connectivity index (χ2v) is 9.72. The number of benzene rings is 1. The van der Waals surface area contributed by atoms with Gasteiger partial charge in [-0.05, 0) is 75.4 Å². The molecule has 0 radical (unpaired) electrons. The number of amides is 2. The van der Waals surface area contributed by atoms with Crippen molar-refractivity contribution < 1.29 is 18.7 Å². The lowest BCUT2D eigenvalue weighted by Gasteiger charge is -2.20. The smallest absolute Gasteiger partial charge is 0.412 e. The molecule has 3 N–H and O–H groups in total. The summed E-state index contributed by atoms with van der Waals surface area (Å²) in [4.78, 5) is 45.3. The molecule has 10 nitrogen and oxygen atoms in total. The van der Waals surface area contributed by atoms with Crippen LogP contribution in [0.5, 0.6) is 0 Å². The molecule has 0 aliphatic rings. The highest BCUT2D eigenvalue weighted by Crippen LogP contribution is 2.24. The molecular formula is C26H33N5O5. The van der Waals surface area contributed by atoms with E-state index in [-0.39, 0.29) is 23.2 Å². The minimum absolute atomic E-state index is 0.0269. The van der Waals surface area contributed by atoms with Crippen LogP contribution in [-0.2, 0) is 16.1 Å². The number of carbonyl (C=O) groups excluding carboxylic acids is 2. The Bertz CT molecular complexity index is 1270. The largest absolute Gasteiger partial charge is 0.444 e. The third-order valence-corrected chi connectivity index (χ3v) is 5.38. The summed E-state index contributed by atoms with van der Waals surface area (Å²) < 4.78 is 10.6. The van der Waals surface area contributed by atoms with Crippen LogP contribution in [-0.4, -0.2) is 34.1 Å². The van der Waals surface area contributed by atoms with E-state index in [2.05, 4.69) is 25.9 Å². The lowest BCUT2D eigenvalue weighted by atomic mass is 10.0. The number of anilines is 2. The summed E-state index contributed by atoms with van der Waals surface area (Å²) in [5, 5.41) is 8.88. The fraction of sp³-hybridized carbons (Fsp3) is 0.423. The van der Waals surface area contributed by atoms with Crippen molar-refractivity contribution in [3.05, 3.63) is 58.2 Å². The molecule has 10 heteroatoms. The molecule has 0 aliphatic carbocycles. The van der Waals surface area contributed by atoms with Crippen molar-refractivity contribution in [2.45, 2.75) is 59.6 Å². The Hall–Kier alpha value is -3.95. The van der Waals surface area contributed by atoms with Crippen molar-refractivity contribution in [3.63, 3.8) is 0 Å². The minimum atomic E-state index is -0.642. The Morgan fingerprint density at radius 1 is 1.14 bits per heavy atom. The molecular weight excluding hydrogens is 462 g/mol. The molecule has 2 amide bonds. The zero-order valence-electron chi connectivity index (χ0n) is 21.3. The van der Waals surface area contributed by atoms with E-state index in [0.29, 0.717) is 42.7 Å². The third-order valence-electron chi connectivity index (χ3n) is 5.38. The van der Waals surface area contributed by atoms with Gasteiger partial charge in [-0.15, -0.1) is 0 Å². The number of fused-ring (bicyclic) bond motifs is 1. The van der Waals surface area contributed by atoms with Gasteiger partial charge < -0.3 is 19.8 Å². The molecule has 1 aromatic carbocycles. The quantitative estimate of drug-likeness (QED) is 0.398. The third kappa shape index (κ3) is 7.79. The van der Waals surface area contributed by atoms with Crippen molar-refractivity contribution in [2.24, 2.45) is 5.92 Å². The van der Waals surface area contributed by atoms with E-state index < -0.39 is 17.3 Å². The zero-order valence-corrected chi connectivity index (χ0v) is 21.3. The average Bonchev–Trinajstić information content (AvgIpc) is 2.79. The monoisotopic (exact) mass is 495 g/mol.